The molecule has 0 aromatic heterocycles. The van der Waals surface area contributed by atoms with Gasteiger partial charge >= 0.3 is 0 Å². The van der Waals surface area contributed by atoms with E-state index in [2.05, 4.69) is 85.0 Å². The number of rotatable bonds is 3. The van der Waals surface area contributed by atoms with Gasteiger partial charge in [-0.25, -0.2) is 0 Å². The Hall–Kier alpha value is 0.932. The standard InChI is InChI=1S/C19H16O.Ba.Sr/c1-3-9-15(10-4-1)18(16-11-5-2-6-12-16)19-14-8-7-13-17(19)20-19;;/h1-14,17-18H;;. The molecule has 0 saturated carbocycles. The molecule has 1 nitrogen and oxygen atoms in total. The van der Waals surface area contributed by atoms with Crippen LogP contribution in [0.4, 0.5) is 0 Å². The number of epoxide rings is 1. The van der Waals surface area contributed by atoms with E-state index < -0.39 is 0 Å². The molecule has 4 radical (unpaired) electrons. The Balaban J connectivity index is 0.000000882. The van der Waals surface area contributed by atoms with Crippen LogP contribution in [0.1, 0.15) is 17.0 Å². The zero-order chi connectivity index (χ0) is 13.4. The van der Waals surface area contributed by atoms with E-state index in [1.165, 1.54) is 11.1 Å². The molecule has 2 aliphatic rings. The maximum Gasteiger partial charge on any atom is 0.128 e. The first-order valence-electron chi connectivity index (χ1n) is 7.04. The van der Waals surface area contributed by atoms with E-state index >= 15 is 0 Å². The van der Waals surface area contributed by atoms with Crippen molar-refractivity contribution >= 4 is 94.4 Å². The molecule has 1 saturated heterocycles. The maximum atomic E-state index is 6.06. The molecular weight excluding hydrogens is 469 g/mol. The molecule has 4 rings (SSSR count). The number of fused-ring (bicyclic) bond motifs is 1. The van der Waals surface area contributed by atoms with Gasteiger partial charge in [0.05, 0.1) is 0 Å². The van der Waals surface area contributed by atoms with Crippen molar-refractivity contribution in [3.63, 3.8) is 0 Å². The van der Waals surface area contributed by atoms with Gasteiger partial charge in [-0.1, -0.05) is 78.9 Å². The van der Waals surface area contributed by atoms with Gasteiger partial charge in [-0.2, -0.15) is 0 Å². The number of hydrogen-bond acceptors (Lipinski definition) is 1. The Labute approximate surface area is 209 Å². The SMILES string of the molecule is C1=CC2OC2(C(c2ccccc2)c2ccccc2)C=C1.[Ba].[Sr]. The Morgan fingerprint density at radius 1 is 0.818 bits per heavy atom. The van der Waals surface area contributed by atoms with Gasteiger partial charge in [0.2, 0.25) is 0 Å². The molecule has 0 N–H and O–H groups in total. The second-order valence-corrected chi connectivity index (χ2v) is 5.39. The summed E-state index contributed by atoms with van der Waals surface area (Å²) in [5.74, 6) is 0.246. The van der Waals surface area contributed by atoms with E-state index in [0.29, 0.717) is 0 Å². The predicted molar refractivity (Wildman–Crippen MR) is 92.1 cm³/mol. The largest absolute Gasteiger partial charge is 0.356 e. The van der Waals surface area contributed by atoms with Gasteiger partial charge in [0.25, 0.3) is 0 Å². The van der Waals surface area contributed by atoms with Crippen LogP contribution in [-0.2, 0) is 4.74 Å². The molecule has 2 aromatic rings. The molecule has 0 bridgehead atoms. The summed E-state index contributed by atoms with van der Waals surface area (Å²) in [5, 5.41) is 0. The molecule has 2 atom stereocenters. The van der Waals surface area contributed by atoms with Crippen LogP contribution in [0.15, 0.2) is 85.0 Å². The second kappa shape index (κ2) is 8.35. The van der Waals surface area contributed by atoms with Gasteiger partial charge in [-0.05, 0) is 17.2 Å². The monoisotopic (exact) mass is 486 g/mol. The molecule has 1 heterocycles. The van der Waals surface area contributed by atoms with Gasteiger partial charge in [0.1, 0.15) is 11.7 Å². The van der Waals surface area contributed by atoms with Crippen LogP contribution in [-0.4, -0.2) is 106 Å². The summed E-state index contributed by atoms with van der Waals surface area (Å²) in [6, 6.07) is 21.3. The molecule has 1 aliphatic carbocycles. The van der Waals surface area contributed by atoms with Gasteiger partial charge < -0.3 is 4.74 Å². The fourth-order valence-electron chi connectivity index (χ4n) is 3.21. The van der Waals surface area contributed by atoms with Gasteiger partial charge in [-0.15, -0.1) is 0 Å². The summed E-state index contributed by atoms with van der Waals surface area (Å²) in [5.41, 5.74) is 2.42. The van der Waals surface area contributed by atoms with Crippen LogP contribution in [0.3, 0.4) is 0 Å². The average Bonchev–Trinajstić information content (AvgIpc) is 3.25. The first-order valence-corrected chi connectivity index (χ1v) is 7.04. The molecule has 2 aromatic carbocycles. The fourth-order valence-corrected chi connectivity index (χ4v) is 3.21. The number of ether oxygens (including phenoxy) is 1. The van der Waals surface area contributed by atoms with Crippen molar-refractivity contribution < 1.29 is 4.74 Å². The fraction of sp³-hybridized carbons (Fsp3) is 0.158. The van der Waals surface area contributed by atoms with E-state index in [0.717, 1.165) is 0 Å². The first kappa shape index (κ1) is 19.3. The first-order chi connectivity index (χ1) is 9.90. The molecular formula is C19H16BaOSr. The van der Waals surface area contributed by atoms with Crippen molar-refractivity contribution in [1.82, 2.24) is 0 Å². The van der Waals surface area contributed by atoms with Crippen molar-refractivity contribution in [2.24, 2.45) is 0 Å². The number of allylic oxidation sites excluding steroid dienone is 2. The van der Waals surface area contributed by atoms with Gasteiger partial charge in [0.15, 0.2) is 0 Å². The third-order valence-corrected chi connectivity index (χ3v) is 4.19. The minimum atomic E-state index is -0.197. The smallest absolute Gasteiger partial charge is 0.128 e. The van der Waals surface area contributed by atoms with Crippen LogP contribution in [0.2, 0.25) is 0 Å². The average molecular weight is 485 g/mol. The van der Waals surface area contributed by atoms with Crippen LogP contribution in [0.5, 0.6) is 0 Å². The third-order valence-electron chi connectivity index (χ3n) is 4.19. The minimum absolute atomic E-state index is 0. The second-order valence-electron chi connectivity index (χ2n) is 5.39. The summed E-state index contributed by atoms with van der Waals surface area (Å²) in [6.45, 7) is 0. The normalized spacial score (nSPS) is 24.1. The molecule has 3 heteroatoms. The van der Waals surface area contributed by atoms with E-state index in [-0.39, 0.29) is 112 Å². The molecule has 0 amide bonds. The number of hydrogen-bond donors (Lipinski definition) is 0. The third kappa shape index (κ3) is 3.62. The quantitative estimate of drug-likeness (QED) is 0.481. The summed E-state index contributed by atoms with van der Waals surface area (Å²) in [6.07, 6.45) is 8.74. The Morgan fingerprint density at radius 2 is 1.36 bits per heavy atom. The van der Waals surface area contributed by atoms with Crippen LogP contribution >= 0.6 is 0 Å². The van der Waals surface area contributed by atoms with Crippen molar-refractivity contribution in [2.45, 2.75) is 17.6 Å². The van der Waals surface area contributed by atoms with Crippen molar-refractivity contribution in [3.05, 3.63) is 96.1 Å². The maximum absolute atomic E-state index is 6.06. The molecule has 1 aliphatic heterocycles. The molecule has 0 spiro atoms. The van der Waals surface area contributed by atoms with E-state index in [4.69, 9.17) is 4.74 Å². The molecule has 1 fully saturated rings. The number of benzene rings is 2. The van der Waals surface area contributed by atoms with Crippen LogP contribution < -0.4 is 0 Å². The molecule has 102 valence electrons. The van der Waals surface area contributed by atoms with Crippen LogP contribution in [0.25, 0.3) is 0 Å². The van der Waals surface area contributed by atoms with E-state index in [1.807, 2.05) is 0 Å². The predicted octanol–water partition coefficient (Wildman–Crippen LogP) is 3.32. The minimum Gasteiger partial charge on any atom is -0.356 e. The van der Waals surface area contributed by atoms with Crippen molar-refractivity contribution in [2.75, 3.05) is 0 Å². The van der Waals surface area contributed by atoms with Gasteiger partial charge in [-0.3, -0.25) is 0 Å². The summed E-state index contributed by atoms with van der Waals surface area (Å²) >= 11 is 0. The zero-order valence-corrected chi connectivity index (χ0v) is 20.5. The van der Waals surface area contributed by atoms with E-state index in [1.54, 1.807) is 0 Å². The summed E-state index contributed by atoms with van der Waals surface area (Å²) in [4.78, 5) is 0. The summed E-state index contributed by atoms with van der Waals surface area (Å²) in [7, 11) is 0. The Bertz CT molecular complexity index is 629. The van der Waals surface area contributed by atoms with Crippen LogP contribution in [0, 0.1) is 0 Å². The molecule has 22 heavy (non-hydrogen) atoms. The van der Waals surface area contributed by atoms with Gasteiger partial charge in [0, 0.05) is 100 Å². The van der Waals surface area contributed by atoms with Crippen molar-refractivity contribution in [1.29, 1.82) is 0 Å². The summed E-state index contributed by atoms with van der Waals surface area (Å²) < 4.78 is 6.06. The topological polar surface area (TPSA) is 12.5 Å². The Morgan fingerprint density at radius 3 is 1.86 bits per heavy atom. The van der Waals surface area contributed by atoms with Crippen molar-refractivity contribution in [3.8, 4) is 0 Å². The van der Waals surface area contributed by atoms with E-state index in [9.17, 15) is 0 Å². The molecule has 2 unspecified atom stereocenters. The zero-order valence-electron chi connectivity index (χ0n) is 12.6. The Kier molecular flexibility index (Phi) is 7.31.